The molecule has 2 aromatic rings. The summed E-state index contributed by atoms with van der Waals surface area (Å²) in [4.78, 5) is 12.0. The van der Waals surface area contributed by atoms with Crippen LogP contribution in [0.2, 0.25) is 5.02 Å². The molecule has 1 N–H and O–H groups in total. The van der Waals surface area contributed by atoms with Crippen LogP contribution in [0.15, 0.2) is 42.5 Å². The van der Waals surface area contributed by atoms with Crippen molar-refractivity contribution < 1.29 is 18.0 Å². The predicted molar refractivity (Wildman–Crippen MR) is 86.1 cm³/mol. The van der Waals surface area contributed by atoms with Crippen LogP contribution in [0.25, 0.3) is 11.6 Å². The van der Waals surface area contributed by atoms with Crippen molar-refractivity contribution in [2.24, 2.45) is 0 Å². The molecule has 1 heterocycles. The van der Waals surface area contributed by atoms with Crippen molar-refractivity contribution in [1.29, 1.82) is 0 Å². The van der Waals surface area contributed by atoms with Crippen molar-refractivity contribution in [2.45, 2.75) is 13.6 Å². The lowest BCUT2D eigenvalue weighted by Crippen LogP contribution is -2.05. The van der Waals surface area contributed by atoms with Gasteiger partial charge in [-0.3, -0.25) is 4.79 Å². The van der Waals surface area contributed by atoms with Gasteiger partial charge in [0.25, 0.3) is 5.91 Å². The Bertz CT molecular complexity index is 797. The van der Waals surface area contributed by atoms with Gasteiger partial charge in [0.1, 0.15) is 0 Å². The molecule has 23 heavy (non-hydrogen) atoms. The molecule has 6 heteroatoms. The van der Waals surface area contributed by atoms with Gasteiger partial charge in [-0.25, -0.2) is 0 Å². The molecule has 0 radical (unpaired) electrons. The number of amides is 1. The van der Waals surface area contributed by atoms with Crippen molar-refractivity contribution in [1.82, 2.24) is 0 Å². The molecular formula is C17H13ClF3NO. The first kappa shape index (κ1) is 17.1. The summed E-state index contributed by atoms with van der Waals surface area (Å²) in [5.74, 6) is -0.366. The highest BCUT2D eigenvalue weighted by atomic mass is 35.5. The molecule has 2 aromatic carbocycles. The third-order valence-electron chi connectivity index (χ3n) is 3.29. The monoisotopic (exact) mass is 339 g/mol. The van der Waals surface area contributed by atoms with E-state index in [1.165, 1.54) is 18.2 Å². The van der Waals surface area contributed by atoms with E-state index in [4.69, 9.17) is 11.6 Å². The molecule has 0 fully saturated rings. The van der Waals surface area contributed by atoms with Gasteiger partial charge in [0, 0.05) is 16.2 Å². The second-order valence-corrected chi connectivity index (χ2v) is 5.26. The van der Waals surface area contributed by atoms with E-state index >= 15 is 0 Å². The van der Waals surface area contributed by atoms with Gasteiger partial charge in [-0.2, -0.15) is 13.2 Å². The molecule has 0 bridgehead atoms. The van der Waals surface area contributed by atoms with Crippen LogP contribution in [0.3, 0.4) is 0 Å². The molecule has 0 aliphatic carbocycles. The molecule has 0 atom stereocenters. The summed E-state index contributed by atoms with van der Waals surface area (Å²) in [7, 11) is 0. The summed E-state index contributed by atoms with van der Waals surface area (Å²) >= 11 is 5.85. The SMILES string of the molecule is C.O=C1Nc2cc(Cl)ccc2C1=Cc1cccc(C(F)(F)F)c1. The van der Waals surface area contributed by atoms with Crippen molar-refractivity contribution in [2.75, 3.05) is 5.32 Å². The standard InChI is InChI=1S/C16H9ClF3NO.CH4/c17-11-4-5-12-13(15(22)21-14(12)8-11)7-9-2-1-3-10(6-9)16(18,19)20;/h1-8H,(H,21,22);1H4. The van der Waals surface area contributed by atoms with Gasteiger partial charge in [0.05, 0.1) is 11.3 Å². The Labute approximate surface area is 136 Å². The lowest BCUT2D eigenvalue weighted by Gasteiger charge is -2.07. The van der Waals surface area contributed by atoms with Gasteiger partial charge in [-0.1, -0.05) is 37.2 Å². The van der Waals surface area contributed by atoms with Gasteiger partial charge < -0.3 is 5.32 Å². The zero-order chi connectivity index (χ0) is 15.9. The smallest absolute Gasteiger partial charge is 0.321 e. The number of benzene rings is 2. The maximum absolute atomic E-state index is 12.7. The first-order valence-corrected chi connectivity index (χ1v) is 6.72. The van der Waals surface area contributed by atoms with Crippen LogP contribution >= 0.6 is 11.6 Å². The summed E-state index contributed by atoms with van der Waals surface area (Å²) in [5.41, 5.74) is 1.04. The molecule has 0 spiro atoms. The minimum Gasteiger partial charge on any atom is -0.321 e. The van der Waals surface area contributed by atoms with Crippen LogP contribution in [-0.2, 0) is 11.0 Å². The molecule has 0 saturated carbocycles. The van der Waals surface area contributed by atoms with Crippen LogP contribution in [0.4, 0.5) is 18.9 Å². The molecule has 0 aromatic heterocycles. The minimum absolute atomic E-state index is 0. The fourth-order valence-electron chi connectivity index (χ4n) is 2.28. The van der Waals surface area contributed by atoms with Crippen molar-refractivity contribution >= 4 is 34.8 Å². The Morgan fingerprint density at radius 2 is 1.83 bits per heavy atom. The van der Waals surface area contributed by atoms with E-state index in [2.05, 4.69) is 5.32 Å². The molecule has 120 valence electrons. The van der Waals surface area contributed by atoms with Crippen LogP contribution < -0.4 is 5.32 Å². The van der Waals surface area contributed by atoms with Crippen LogP contribution in [0, 0.1) is 0 Å². The third kappa shape index (κ3) is 3.40. The quantitative estimate of drug-likeness (QED) is 0.684. The number of hydrogen-bond donors (Lipinski definition) is 1. The van der Waals surface area contributed by atoms with E-state index in [0.717, 1.165) is 12.1 Å². The molecule has 1 aliphatic heterocycles. The lowest BCUT2D eigenvalue weighted by atomic mass is 10.0. The predicted octanol–water partition coefficient (Wildman–Crippen LogP) is 5.49. The second-order valence-electron chi connectivity index (χ2n) is 4.83. The van der Waals surface area contributed by atoms with Crippen molar-refractivity contribution in [3.8, 4) is 0 Å². The van der Waals surface area contributed by atoms with E-state index in [1.54, 1.807) is 18.2 Å². The lowest BCUT2D eigenvalue weighted by molar-refractivity contribution is -0.137. The Morgan fingerprint density at radius 1 is 1.09 bits per heavy atom. The number of alkyl halides is 3. The molecule has 2 nitrogen and oxygen atoms in total. The highest BCUT2D eigenvalue weighted by molar-refractivity contribution is 6.36. The van der Waals surface area contributed by atoms with Crippen molar-refractivity contribution in [3.05, 3.63) is 64.2 Å². The number of carbonyl (C=O) groups is 1. The first-order valence-electron chi connectivity index (χ1n) is 6.35. The molecular weight excluding hydrogens is 327 g/mol. The number of carbonyl (C=O) groups excluding carboxylic acids is 1. The number of nitrogens with one attached hydrogen (secondary N) is 1. The number of fused-ring (bicyclic) bond motifs is 1. The number of rotatable bonds is 1. The fraction of sp³-hybridized carbons (Fsp3) is 0.118. The Hall–Kier alpha value is -2.27. The van der Waals surface area contributed by atoms with Crippen LogP contribution in [0.1, 0.15) is 24.1 Å². The summed E-state index contributed by atoms with van der Waals surface area (Å²) < 4.78 is 38.2. The number of halogens is 4. The Morgan fingerprint density at radius 3 is 2.52 bits per heavy atom. The van der Waals surface area contributed by atoms with E-state index in [0.29, 0.717) is 27.4 Å². The summed E-state index contributed by atoms with van der Waals surface area (Å²) in [6, 6.07) is 9.71. The normalized spacial score (nSPS) is 15.1. The van der Waals surface area contributed by atoms with Gasteiger partial charge >= 0.3 is 6.18 Å². The Balaban J connectivity index is 0.00000192. The summed E-state index contributed by atoms with van der Waals surface area (Å²) in [6.45, 7) is 0. The van der Waals surface area contributed by atoms with Gasteiger partial charge in [0.15, 0.2) is 0 Å². The summed E-state index contributed by atoms with van der Waals surface area (Å²) in [6.07, 6.45) is -2.98. The van der Waals surface area contributed by atoms with E-state index < -0.39 is 11.7 Å². The van der Waals surface area contributed by atoms with E-state index in [-0.39, 0.29) is 13.3 Å². The van der Waals surface area contributed by atoms with Gasteiger partial charge in [-0.05, 0) is 35.9 Å². The molecule has 0 saturated heterocycles. The average molecular weight is 340 g/mol. The zero-order valence-corrected chi connectivity index (χ0v) is 11.8. The Kier molecular flexibility index (Phi) is 4.52. The molecule has 1 amide bonds. The van der Waals surface area contributed by atoms with Crippen molar-refractivity contribution in [3.63, 3.8) is 0 Å². The zero-order valence-electron chi connectivity index (χ0n) is 11.0. The minimum atomic E-state index is -4.42. The maximum Gasteiger partial charge on any atom is 0.416 e. The van der Waals surface area contributed by atoms with Gasteiger partial charge in [-0.15, -0.1) is 0 Å². The molecule has 1 aliphatic rings. The van der Waals surface area contributed by atoms with E-state index in [1.807, 2.05) is 0 Å². The van der Waals surface area contributed by atoms with Crippen LogP contribution in [0.5, 0.6) is 0 Å². The average Bonchev–Trinajstić information content (AvgIpc) is 2.74. The van der Waals surface area contributed by atoms with Crippen LogP contribution in [-0.4, -0.2) is 5.91 Å². The molecule has 0 unspecified atom stereocenters. The topological polar surface area (TPSA) is 29.1 Å². The largest absolute Gasteiger partial charge is 0.416 e. The second kappa shape index (κ2) is 6.08. The highest BCUT2D eigenvalue weighted by Gasteiger charge is 2.30. The number of anilines is 1. The maximum atomic E-state index is 12.7. The third-order valence-corrected chi connectivity index (χ3v) is 3.52. The first-order chi connectivity index (χ1) is 10.3. The summed E-state index contributed by atoms with van der Waals surface area (Å²) in [5, 5.41) is 3.11. The fourth-order valence-corrected chi connectivity index (χ4v) is 2.45. The van der Waals surface area contributed by atoms with E-state index in [9.17, 15) is 18.0 Å². The van der Waals surface area contributed by atoms with Gasteiger partial charge in [0.2, 0.25) is 0 Å². The number of hydrogen-bond acceptors (Lipinski definition) is 1. The molecule has 3 rings (SSSR count). The highest BCUT2D eigenvalue weighted by Crippen LogP contribution is 2.35.